The largest absolute Gasteiger partial charge is 0.495 e. The van der Waals surface area contributed by atoms with Crippen molar-refractivity contribution in [2.75, 3.05) is 14.2 Å². The van der Waals surface area contributed by atoms with E-state index in [0.717, 1.165) is 5.39 Å². The second-order valence-corrected chi connectivity index (χ2v) is 5.64. The van der Waals surface area contributed by atoms with Crippen LogP contribution in [0.5, 0.6) is 11.5 Å². The highest BCUT2D eigenvalue weighted by Gasteiger charge is 2.22. The molecule has 0 unspecified atom stereocenters. The van der Waals surface area contributed by atoms with Gasteiger partial charge in [0.25, 0.3) is 5.56 Å². The van der Waals surface area contributed by atoms with Crippen molar-refractivity contribution in [3.8, 4) is 22.6 Å². The van der Waals surface area contributed by atoms with Crippen LogP contribution in [0.15, 0.2) is 23.1 Å². The third-order valence-corrected chi connectivity index (χ3v) is 4.41. The first kappa shape index (κ1) is 15.7. The van der Waals surface area contributed by atoms with E-state index in [2.05, 4.69) is 10.2 Å². The Bertz CT molecular complexity index is 934. The molecule has 8 heteroatoms. The minimum atomic E-state index is -0.263. The van der Waals surface area contributed by atoms with Crippen molar-refractivity contribution in [1.29, 1.82) is 0 Å². The third kappa shape index (κ3) is 2.34. The highest BCUT2D eigenvalue weighted by Crippen LogP contribution is 2.45. The predicted octanol–water partition coefficient (Wildman–Crippen LogP) is 3.25. The fraction of sp³-hybridized carbons (Fsp3) is 0.200. The first-order chi connectivity index (χ1) is 11.0. The number of halogens is 2. The molecule has 120 valence electrons. The molecule has 0 radical (unpaired) electrons. The highest BCUT2D eigenvalue weighted by molar-refractivity contribution is 6.41. The topological polar surface area (TPSA) is 69.1 Å². The number of pyridine rings is 1. The number of nitrogens with zero attached hydrogens (tertiary/aromatic N) is 2. The van der Waals surface area contributed by atoms with Crippen molar-refractivity contribution in [3.63, 3.8) is 0 Å². The number of nitrogens with one attached hydrogen (secondary N) is 1. The molecule has 1 aromatic carbocycles. The van der Waals surface area contributed by atoms with Crippen LogP contribution in [0.4, 0.5) is 0 Å². The lowest BCUT2D eigenvalue weighted by molar-refractivity contribution is 0.395. The number of fused-ring (bicyclic) bond motifs is 1. The first-order valence-corrected chi connectivity index (χ1v) is 7.38. The Kier molecular flexibility index (Phi) is 3.95. The fourth-order valence-corrected chi connectivity index (χ4v) is 3.17. The summed E-state index contributed by atoms with van der Waals surface area (Å²) in [5.41, 5.74) is 1.06. The van der Waals surface area contributed by atoms with Crippen LogP contribution in [0.3, 0.4) is 0 Å². The smallest absolute Gasteiger partial charge is 0.259 e. The summed E-state index contributed by atoms with van der Waals surface area (Å²) < 4.78 is 12.0. The molecule has 0 saturated carbocycles. The minimum absolute atomic E-state index is 0.248. The van der Waals surface area contributed by atoms with Crippen LogP contribution in [-0.4, -0.2) is 29.0 Å². The number of aryl methyl sites for hydroxylation is 1. The van der Waals surface area contributed by atoms with Crippen LogP contribution >= 0.6 is 23.2 Å². The third-order valence-electron chi connectivity index (χ3n) is 3.66. The molecule has 6 nitrogen and oxygen atoms in total. The molecule has 0 atom stereocenters. The zero-order valence-electron chi connectivity index (χ0n) is 12.6. The molecule has 1 N–H and O–H groups in total. The van der Waals surface area contributed by atoms with Crippen LogP contribution in [-0.2, 0) is 7.05 Å². The summed E-state index contributed by atoms with van der Waals surface area (Å²) in [6.07, 6.45) is 1.62. The summed E-state index contributed by atoms with van der Waals surface area (Å²) in [4.78, 5) is 12.7. The Labute approximate surface area is 141 Å². The molecule has 0 saturated heterocycles. The molecule has 2 aromatic heterocycles. The van der Waals surface area contributed by atoms with Gasteiger partial charge in [0.2, 0.25) is 0 Å². The molecule has 0 aliphatic carbocycles. The Hall–Kier alpha value is -2.18. The summed E-state index contributed by atoms with van der Waals surface area (Å²) in [5.74, 6) is 0.745. The van der Waals surface area contributed by atoms with Gasteiger partial charge in [-0.1, -0.05) is 23.2 Å². The van der Waals surface area contributed by atoms with Crippen molar-refractivity contribution in [1.82, 2.24) is 14.8 Å². The van der Waals surface area contributed by atoms with Gasteiger partial charge in [-0.3, -0.25) is 14.5 Å². The molecule has 0 aliphatic heterocycles. The maximum Gasteiger partial charge on any atom is 0.259 e. The Morgan fingerprint density at radius 1 is 1.13 bits per heavy atom. The number of methoxy groups -OCH3 is 2. The van der Waals surface area contributed by atoms with E-state index < -0.39 is 0 Å². The van der Waals surface area contributed by atoms with Gasteiger partial charge in [-0.25, -0.2) is 0 Å². The lowest BCUT2D eigenvalue weighted by Gasteiger charge is -2.15. The van der Waals surface area contributed by atoms with Gasteiger partial charge in [0.1, 0.15) is 17.1 Å². The average Bonchev–Trinajstić information content (AvgIpc) is 3.01. The number of ether oxygens (including phenoxy) is 2. The van der Waals surface area contributed by atoms with Crippen molar-refractivity contribution < 1.29 is 9.47 Å². The van der Waals surface area contributed by atoms with Crippen LogP contribution in [0.2, 0.25) is 10.0 Å². The first-order valence-electron chi connectivity index (χ1n) is 6.63. The van der Waals surface area contributed by atoms with Gasteiger partial charge in [0.05, 0.1) is 36.0 Å². The van der Waals surface area contributed by atoms with Gasteiger partial charge in [-0.2, -0.15) is 5.10 Å². The van der Waals surface area contributed by atoms with Crippen LogP contribution < -0.4 is 15.0 Å². The monoisotopic (exact) mass is 353 g/mol. The van der Waals surface area contributed by atoms with E-state index in [1.165, 1.54) is 18.8 Å². The quantitative estimate of drug-likeness (QED) is 0.784. The van der Waals surface area contributed by atoms with Crippen molar-refractivity contribution in [3.05, 3.63) is 38.7 Å². The number of aromatic amines is 1. The Morgan fingerprint density at radius 3 is 2.30 bits per heavy atom. The Morgan fingerprint density at radius 2 is 1.74 bits per heavy atom. The molecule has 0 bridgehead atoms. The minimum Gasteiger partial charge on any atom is -0.495 e. The molecule has 0 fully saturated rings. The number of rotatable bonds is 3. The van der Waals surface area contributed by atoms with Crippen molar-refractivity contribution in [2.45, 2.75) is 0 Å². The van der Waals surface area contributed by atoms with Crippen LogP contribution in [0, 0.1) is 0 Å². The molecule has 2 heterocycles. The van der Waals surface area contributed by atoms with Crippen molar-refractivity contribution >= 4 is 34.2 Å². The van der Waals surface area contributed by atoms with Gasteiger partial charge < -0.3 is 9.47 Å². The number of hydrogen-bond donors (Lipinski definition) is 1. The zero-order chi connectivity index (χ0) is 16.7. The number of benzene rings is 1. The molecular formula is C15H13Cl2N3O3. The summed E-state index contributed by atoms with van der Waals surface area (Å²) in [7, 11) is 4.61. The lowest BCUT2D eigenvalue weighted by atomic mass is 10.0. The van der Waals surface area contributed by atoms with Crippen LogP contribution in [0.25, 0.3) is 22.2 Å². The second kappa shape index (κ2) is 5.79. The highest BCUT2D eigenvalue weighted by atomic mass is 35.5. The van der Waals surface area contributed by atoms with E-state index in [-0.39, 0.29) is 15.6 Å². The van der Waals surface area contributed by atoms with Gasteiger partial charge in [0.15, 0.2) is 0 Å². The average molecular weight is 354 g/mol. The second-order valence-electron chi connectivity index (χ2n) is 4.88. The number of hydrogen-bond acceptors (Lipinski definition) is 4. The van der Waals surface area contributed by atoms with E-state index >= 15 is 0 Å². The molecule has 0 amide bonds. The maximum absolute atomic E-state index is 12.7. The van der Waals surface area contributed by atoms with E-state index in [4.69, 9.17) is 32.7 Å². The molecule has 0 aliphatic rings. The van der Waals surface area contributed by atoms with Gasteiger partial charge >= 0.3 is 0 Å². The molecule has 3 aromatic rings. The lowest BCUT2D eigenvalue weighted by Crippen LogP contribution is -2.19. The van der Waals surface area contributed by atoms with E-state index in [1.807, 2.05) is 0 Å². The summed E-state index contributed by atoms with van der Waals surface area (Å²) in [6, 6.07) is 3.27. The molecule has 0 spiro atoms. The summed E-state index contributed by atoms with van der Waals surface area (Å²) >= 11 is 12.8. The fourth-order valence-electron chi connectivity index (χ4n) is 2.46. The number of aromatic nitrogens is 3. The SMILES string of the molecule is COc1cc(OC)c(Cl)c(-c2cc3cn[nH]c3n(C)c2=O)c1Cl. The number of H-pyrrole nitrogens is 1. The summed E-state index contributed by atoms with van der Waals surface area (Å²) in [5, 5.41) is 7.99. The van der Waals surface area contributed by atoms with E-state index in [1.54, 1.807) is 25.4 Å². The summed E-state index contributed by atoms with van der Waals surface area (Å²) in [6.45, 7) is 0. The maximum atomic E-state index is 12.7. The molecule has 23 heavy (non-hydrogen) atoms. The Balaban J connectivity index is 2.43. The standard InChI is InChI=1S/C15H13Cl2N3O3/c1-20-14-7(6-18-19-14)4-8(15(20)21)11-12(16)9(22-2)5-10(23-3)13(11)17/h4-6H,1-3H3,(H,18,19). The van der Waals surface area contributed by atoms with Gasteiger partial charge in [-0.15, -0.1) is 0 Å². The molecular weight excluding hydrogens is 341 g/mol. The van der Waals surface area contributed by atoms with Crippen LogP contribution in [0.1, 0.15) is 0 Å². The van der Waals surface area contributed by atoms with Gasteiger partial charge in [-0.05, 0) is 6.07 Å². The normalized spacial score (nSPS) is 11.0. The van der Waals surface area contributed by atoms with E-state index in [0.29, 0.717) is 28.3 Å². The van der Waals surface area contributed by atoms with Gasteiger partial charge in [0, 0.05) is 24.1 Å². The predicted molar refractivity (Wildman–Crippen MR) is 89.9 cm³/mol. The zero-order valence-corrected chi connectivity index (χ0v) is 14.1. The molecule has 3 rings (SSSR count). The van der Waals surface area contributed by atoms with Crippen molar-refractivity contribution in [2.24, 2.45) is 7.05 Å². The van der Waals surface area contributed by atoms with E-state index in [9.17, 15) is 4.79 Å².